The molecule has 1 saturated carbocycles. The fourth-order valence-electron chi connectivity index (χ4n) is 4.69. The van der Waals surface area contributed by atoms with E-state index in [9.17, 15) is 4.79 Å². The Morgan fingerprint density at radius 3 is 2.60 bits per heavy atom. The molecular formula is C22H25ClN6O. The fraction of sp³-hybridized carbons (Fsp3) is 0.455. The highest BCUT2D eigenvalue weighted by Crippen LogP contribution is 2.42. The van der Waals surface area contributed by atoms with Crippen LogP contribution in [0.1, 0.15) is 65.9 Å². The first-order chi connectivity index (χ1) is 14.6. The highest BCUT2D eigenvalue weighted by atomic mass is 35.5. The third-order valence-corrected chi connectivity index (χ3v) is 6.82. The van der Waals surface area contributed by atoms with Gasteiger partial charge in [0, 0.05) is 18.7 Å². The SMILES string of the molecule is Cc1c(N)ncnc1-n1cnc2c(C3CCCCC3)c(C(=O)N3CCC3)c(Cl)cc21. The lowest BCUT2D eigenvalue weighted by atomic mass is 9.81. The molecule has 1 aliphatic carbocycles. The Labute approximate surface area is 180 Å². The molecule has 156 valence electrons. The van der Waals surface area contributed by atoms with E-state index in [2.05, 4.69) is 9.97 Å². The molecule has 2 aliphatic rings. The number of aromatic nitrogens is 4. The van der Waals surface area contributed by atoms with E-state index in [-0.39, 0.29) is 5.91 Å². The van der Waals surface area contributed by atoms with Crippen LogP contribution in [0.3, 0.4) is 0 Å². The van der Waals surface area contributed by atoms with E-state index >= 15 is 0 Å². The Bertz CT molecular complexity index is 1130. The molecule has 0 spiro atoms. The molecule has 3 aromatic rings. The summed E-state index contributed by atoms with van der Waals surface area (Å²) in [7, 11) is 0. The second-order valence-electron chi connectivity index (χ2n) is 8.32. The minimum absolute atomic E-state index is 0.0331. The van der Waals surface area contributed by atoms with Crippen LogP contribution >= 0.6 is 11.6 Å². The molecule has 1 saturated heterocycles. The summed E-state index contributed by atoms with van der Waals surface area (Å²) >= 11 is 6.79. The number of hydrogen-bond donors (Lipinski definition) is 1. The standard InChI is InChI=1S/C22H25ClN6O/c1-13-20(24)25-11-26-21(13)29-12-27-19-16(29)10-15(23)18(22(30)28-8-5-9-28)17(19)14-6-3-2-4-7-14/h10-12,14H,2-9H2,1H3,(H2,24,25,26). The van der Waals surface area contributed by atoms with E-state index in [4.69, 9.17) is 22.3 Å². The molecule has 0 unspecified atom stereocenters. The van der Waals surface area contributed by atoms with Gasteiger partial charge < -0.3 is 10.6 Å². The predicted molar refractivity (Wildman–Crippen MR) is 117 cm³/mol. The van der Waals surface area contributed by atoms with Crippen molar-refractivity contribution in [2.45, 2.75) is 51.4 Å². The molecule has 3 heterocycles. The Kier molecular flexibility index (Phi) is 4.85. The molecule has 30 heavy (non-hydrogen) atoms. The van der Waals surface area contributed by atoms with Gasteiger partial charge in [-0.3, -0.25) is 9.36 Å². The number of anilines is 1. The summed E-state index contributed by atoms with van der Waals surface area (Å²) in [5.41, 5.74) is 10.1. The fourth-order valence-corrected chi connectivity index (χ4v) is 4.98. The van der Waals surface area contributed by atoms with E-state index < -0.39 is 0 Å². The van der Waals surface area contributed by atoms with Gasteiger partial charge in [-0.25, -0.2) is 15.0 Å². The van der Waals surface area contributed by atoms with Crippen LogP contribution in [0, 0.1) is 6.92 Å². The molecule has 0 radical (unpaired) electrons. The maximum absolute atomic E-state index is 13.3. The number of nitrogens with zero attached hydrogens (tertiary/aromatic N) is 5. The summed E-state index contributed by atoms with van der Waals surface area (Å²) in [4.78, 5) is 28.4. The van der Waals surface area contributed by atoms with Gasteiger partial charge in [0.25, 0.3) is 5.91 Å². The zero-order valence-electron chi connectivity index (χ0n) is 17.1. The van der Waals surface area contributed by atoms with Crippen molar-refractivity contribution < 1.29 is 4.79 Å². The largest absolute Gasteiger partial charge is 0.383 e. The lowest BCUT2D eigenvalue weighted by molar-refractivity contribution is 0.0650. The smallest absolute Gasteiger partial charge is 0.255 e. The molecule has 2 aromatic heterocycles. The number of rotatable bonds is 3. The Morgan fingerprint density at radius 2 is 1.90 bits per heavy atom. The molecule has 1 amide bonds. The van der Waals surface area contributed by atoms with Crippen LogP contribution in [0.15, 0.2) is 18.7 Å². The minimum atomic E-state index is 0.0331. The maximum Gasteiger partial charge on any atom is 0.255 e. The third kappa shape index (κ3) is 3.03. The average molecular weight is 425 g/mol. The molecule has 8 heteroatoms. The molecule has 7 nitrogen and oxygen atoms in total. The normalized spacial score (nSPS) is 17.3. The monoisotopic (exact) mass is 424 g/mol. The lowest BCUT2D eigenvalue weighted by Crippen LogP contribution is -2.42. The third-order valence-electron chi connectivity index (χ3n) is 6.53. The van der Waals surface area contributed by atoms with Gasteiger partial charge in [0.1, 0.15) is 24.3 Å². The second-order valence-corrected chi connectivity index (χ2v) is 8.72. The van der Waals surface area contributed by atoms with Gasteiger partial charge in [0.05, 0.1) is 21.6 Å². The van der Waals surface area contributed by atoms with Crippen LogP contribution in [0.4, 0.5) is 5.82 Å². The van der Waals surface area contributed by atoms with Gasteiger partial charge in [-0.15, -0.1) is 0 Å². The Morgan fingerprint density at radius 1 is 1.13 bits per heavy atom. The number of likely N-dealkylation sites (tertiary alicyclic amines) is 1. The van der Waals surface area contributed by atoms with Crippen molar-refractivity contribution in [3.8, 4) is 5.82 Å². The molecular weight excluding hydrogens is 400 g/mol. The number of carbonyl (C=O) groups is 1. The van der Waals surface area contributed by atoms with Crippen LogP contribution in [0.25, 0.3) is 16.9 Å². The summed E-state index contributed by atoms with van der Waals surface area (Å²) in [5.74, 6) is 1.44. The topological polar surface area (TPSA) is 89.9 Å². The summed E-state index contributed by atoms with van der Waals surface area (Å²) < 4.78 is 1.90. The first kappa shape index (κ1) is 19.3. The highest BCUT2D eigenvalue weighted by Gasteiger charge is 2.32. The lowest BCUT2D eigenvalue weighted by Gasteiger charge is -2.33. The van der Waals surface area contributed by atoms with Crippen LogP contribution in [0.2, 0.25) is 5.02 Å². The van der Waals surface area contributed by atoms with Crippen molar-refractivity contribution >= 4 is 34.4 Å². The van der Waals surface area contributed by atoms with Crippen molar-refractivity contribution in [3.05, 3.63) is 40.4 Å². The van der Waals surface area contributed by atoms with Gasteiger partial charge in [0.2, 0.25) is 0 Å². The first-order valence-corrected chi connectivity index (χ1v) is 11.0. The predicted octanol–water partition coefficient (Wildman–Crippen LogP) is 4.25. The molecule has 0 atom stereocenters. The molecule has 0 bridgehead atoms. The summed E-state index contributed by atoms with van der Waals surface area (Å²) in [6.45, 7) is 3.48. The van der Waals surface area contributed by atoms with Gasteiger partial charge in [-0.05, 0) is 43.7 Å². The van der Waals surface area contributed by atoms with Gasteiger partial charge in [-0.2, -0.15) is 0 Å². The number of hydrogen-bond acceptors (Lipinski definition) is 5. The van der Waals surface area contributed by atoms with Crippen LogP contribution in [0.5, 0.6) is 0 Å². The first-order valence-electron chi connectivity index (χ1n) is 10.6. The number of amides is 1. The van der Waals surface area contributed by atoms with E-state index in [0.29, 0.717) is 28.1 Å². The minimum Gasteiger partial charge on any atom is -0.383 e. The number of imidazole rings is 1. The molecule has 1 aromatic carbocycles. The van der Waals surface area contributed by atoms with Crippen molar-refractivity contribution in [3.63, 3.8) is 0 Å². The van der Waals surface area contributed by atoms with Crippen LogP contribution in [-0.2, 0) is 0 Å². The number of nitrogen functional groups attached to an aromatic ring is 1. The van der Waals surface area contributed by atoms with Crippen LogP contribution < -0.4 is 5.73 Å². The van der Waals surface area contributed by atoms with Gasteiger partial charge in [0.15, 0.2) is 0 Å². The zero-order chi connectivity index (χ0) is 20.8. The Hall–Kier alpha value is -2.67. The van der Waals surface area contributed by atoms with E-state index in [1.807, 2.05) is 22.5 Å². The van der Waals surface area contributed by atoms with Crippen molar-refractivity contribution in [2.75, 3.05) is 18.8 Å². The number of benzene rings is 1. The second kappa shape index (κ2) is 7.54. The highest BCUT2D eigenvalue weighted by molar-refractivity contribution is 6.35. The van der Waals surface area contributed by atoms with Crippen molar-refractivity contribution in [2.24, 2.45) is 0 Å². The van der Waals surface area contributed by atoms with Crippen molar-refractivity contribution in [1.82, 2.24) is 24.4 Å². The Balaban J connectivity index is 1.74. The van der Waals surface area contributed by atoms with E-state index in [1.165, 1.54) is 12.7 Å². The molecule has 1 aliphatic heterocycles. The van der Waals surface area contributed by atoms with Crippen molar-refractivity contribution in [1.29, 1.82) is 0 Å². The number of carbonyl (C=O) groups excluding carboxylic acids is 1. The van der Waals surface area contributed by atoms with E-state index in [1.54, 1.807) is 6.33 Å². The molecule has 2 fully saturated rings. The quantitative estimate of drug-likeness (QED) is 0.678. The average Bonchev–Trinajstić information content (AvgIpc) is 3.11. The molecule has 5 rings (SSSR count). The summed E-state index contributed by atoms with van der Waals surface area (Å²) in [5, 5.41) is 0.487. The zero-order valence-corrected chi connectivity index (χ0v) is 17.8. The number of fused-ring (bicyclic) bond motifs is 1. The van der Waals surface area contributed by atoms with Gasteiger partial charge >= 0.3 is 0 Å². The number of halogens is 1. The maximum atomic E-state index is 13.3. The van der Waals surface area contributed by atoms with E-state index in [0.717, 1.165) is 67.4 Å². The summed E-state index contributed by atoms with van der Waals surface area (Å²) in [6.07, 6.45) is 9.94. The summed E-state index contributed by atoms with van der Waals surface area (Å²) in [6, 6.07) is 1.85. The molecule has 2 N–H and O–H groups in total. The van der Waals surface area contributed by atoms with Gasteiger partial charge in [-0.1, -0.05) is 30.9 Å². The van der Waals surface area contributed by atoms with Crippen LogP contribution in [-0.4, -0.2) is 43.4 Å². The number of nitrogens with two attached hydrogens (primary N) is 1.